The highest BCUT2D eigenvalue weighted by molar-refractivity contribution is 7.45. The standard InChI is InChI=1S/C75H135N2O7P/c1-7-10-13-16-19-22-25-27-29-31-33-35-36-37-38-39-40-42-43-45-47-49-52-55-58-61-64-67-74(78)76-72(71-83-85(80,81)82-70-69-77(4,5)6)73(66-63-60-57-54-51-24-21-18-15-12-9-3)84-75(79)68-65-62-59-56-53-50-48-46-44-41-34-32-30-28-26-23-20-17-14-11-8-2/h10,13,19,22,27-30,33,35,37-38,40,42,63,66,72-73H,7-9,11-12,14-18,20-21,23-26,31-32,34,36,39,41,43-62,64-65,67-71H2,1-6H3,(H-,76,78,80,81)/b13-10-,22-19-,29-27-,30-28+,35-33-,38-37-,42-40-,66-63-. The molecule has 492 valence electrons. The minimum absolute atomic E-state index is 0.0274. The second kappa shape index (κ2) is 63.9. The third-order valence-corrected chi connectivity index (χ3v) is 16.5. The summed E-state index contributed by atoms with van der Waals surface area (Å²) < 4.78 is 30.4. The first-order valence-electron chi connectivity index (χ1n) is 35.5. The normalized spacial score (nSPS) is 14.1. The summed E-state index contributed by atoms with van der Waals surface area (Å²) in [4.78, 5) is 40.2. The Balaban J connectivity index is 5.05. The lowest BCUT2D eigenvalue weighted by Gasteiger charge is -2.30. The van der Waals surface area contributed by atoms with Crippen molar-refractivity contribution in [2.24, 2.45) is 0 Å². The number of hydrogen-bond acceptors (Lipinski definition) is 7. The van der Waals surface area contributed by atoms with Gasteiger partial charge in [0, 0.05) is 12.8 Å². The highest BCUT2D eigenvalue weighted by atomic mass is 31.2. The Morgan fingerprint density at radius 1 is 0.424 bits per heavy atom. The molecule has 1 amide bonds. The molecule has 0 spiro atoms. The molecule has 0 aromatic heterocycles. The van der Waals surface area contributed by atoms with Crippen molar-refractivity contribution in [3.05, 3.63) is 97.2 Å². The van der Waals surface area contributed by atoms with Crippen molar-refractivity contribution in [2.75, 3.05) is 40.9 Å². The van der Waals surface area contributed by atoms with Crippen molar-refractivity contribution in [1.29, 1.82) is 0 Å². The number of unbranched alkanes of at least 4 members (excludes halogenated alkanes) is 34. The zero-order valence-corrected chi connectivity index (χ0v) is 57.2. The second-order valence-corrected chi connectivity index (χ2v) is 26.4. The molecular weight excluding hydrogens is 1070 g/mol. The number of carbonyl (C=O) groups is 2. The number of phosphoric acid groups is 1. The van der Waals surface area contributed by atoms with Crippen molar-refractivity contribution >= 4 is 19.7 Å². The number of nitrogens with zero attached hydrogens (tertiary/aromatic N) is 1. The van der Waals surface area contributed by atoms with Crippen LogP contribution in [0.3, 0.4) is 0 Å². The molecule has 0 aromatic carbocycles. The van der Waals surface area contributed by atoms with Crippen LogP contribution in [-0.2, 0) is 27.9 Å². The number of likely N-dealkylation sites (N-methyl/N-ethyl adjacent to an activating group) is 1. The predicted octanol–water partition coefficient (Wildman–Crippen LogP) is 22.0. The van der Waals surface area contributed by atoms with Gasteiger partial charge >= 0.3 is 5.97 Å². The molecule has 85 heavy (non-hydrogen) atoms. The van der Waals surface area contributed by atoms with Crippen LogP contribution in [0.4, 0.5) is 0 Å². The van der Waals surface area contributed by atoms with Crippen molar-refractivity contribution in [2.45, 2.75) is 328 Å². The van der Waals surface area contributed by atoms with Crippen LogP contribution in [0, 0.1) is 0 Å². The van der Waals surface area contributed by atoms with Crippen LogP contribution in [0.1, 0.15) is 316 Å². The Bertz CT molecular complexity index is 1780. The van der Waals surface area contributed by atoms with E-state index in [4.69, 9.17) is 13.8 Å². The Hall–Kier alpha value is -3.07. The summed E-state index contributed by atoms with van der Waals surface area (Å²) in [5.74, 6) is -0.548. The number of allylic oxidation sites excluding steroid dienone is 15. The molecule has 0 radical (unpaired) electrons. The number of amides is 1. The molecule has 0 aromatic rings. The number of carbonyl (C=O) groups excluding carboxylic acids is 2. The van der Waals surface area contributed by atoms with Gasteiger partial charge in [-0.05, 0) is 109 Å². The van der Waals surface area contributed by atoms with E-state index < -0.39 is 26.6 Å². The first kappa shape index (κ1) is 81.9. The van der Waals surface area contributed by atoms with E-state index in [-0.39, 0.29) is 24.9 Å². The summed E-state index contributed by atoms with van der Waals surface area (Å²) in [6, 6.07) is -0.899. The van der Waals surface area contributed by atoms with E-state index in [0.717, 1.165) is 109 Å². The largest absolute Gasteiger partial charge is 0.756 e. The molecule has 0 rings (SSSR count). The van der Waals surface area contributed by atoms with Gasteiger partial charge in [-0.3, -0.25) is 14.2 Å². The van der Waals surface area contributed by atoms with Crippen LogP contribution in [0.15, 0.2) is 97.2 Å². The molecule has 0 aliphatic carbocycles. The smallest absolute Gasteiger partial charge is 0.306 e. The molecule has 1 N–H and O–H groups in total. The van der Waals surface area contributed by atoms with Gasteiger partial charge in [-0.2, -0.15) is 0 Å². The van der Waals surface area contributed by atoms with Crippen LogP contribution in [0.5, 0.6) is 0 Å². The summed E-state index contributed by atoms with van der Waals surface area (Å²) in [6.07, 6.45) is 86.7. The van der Waals surface area contributed by atoms with Crippen molar-refractivity contribution in [3.8, 4) is 0 Å². The van der Waals surface area contributed by atoms with E-state index in [0.29, 0.717) is 17.4 Å². The fourth-order valence-electron chi connectivity index (χ4n) is 10.1. The van der Waals surface area contributed by atoms with Gasteiger partial charge in [-0.15, -0.1) is 0 Å². The first-order valence-corrected chi connectivity index (χ1v) is 37.0. The number of ether oxygens (including phenoxy) is 1. The van der Waals surface area contributed by atoms with Gasteiger partial charge in [-0.1, -0.05) is 292 Å². The molecule has 3 atom stereocenters. The van der Waals surface area contributed by atoms with Crippen LogP contribution in [0.2, 0.25) is 0 Å². The summed E-state index contributed by atoms with van der Waals surface area (Å²) in [5.41, 5.74) is 0. The molecule has 0 saturated carbocycles. The van der Waals surface area contributed by atoms with E-state index in [1.807, 2.05) is 33.3 Å². The lowest BCUT2D eigenvalue weighted by molar-refractivity contribution is -0.870. The maximum Gasteiger partial charge on any atom is 0.306 e. The molecule has 10 heteroatoms. The SMILES string of the molecule is CC/C=C\C/C=C\C/C=C\C/C=C\C/C=C\C/C=C\CCCCCCCCCCC(=O)NC(COP(=O)([O-])OCC[N+](C)(C)C)C(/C=C\CCCCCCCCCCC)OC(=O)CCCCCCCCCCCCC/C=C/CCCCCCCC. The topological polar surface area (TPSA) is 114 Å². The van der Waals surface area contributed by atoms with Crippen LogP contribution in [-0.4, -0.2) is 69.4 Å². The minimum Gasteiger partial charge on any atom is -0.756 e. The van der Waals surface area contributed by atoms with Crippen molar-refractivity contribution in [3.63, 3.8) is 0 Å². The average Bonchev–Trinajstić information content (AvgIpc) is 3.64. The third-order valence-electron chi connectivity index (χ3n) is 15.5. The molecule has 0 fully saturated rings. The zero-order valence-electron chi connectivity index (χ0n) is 56.3. The van der Waals surface area contributed by atoms with E-state index in [1.54, 1.807) is 0 Å². The molecule has 0 heterocycles. The van der Waals surface area contributed by atoms with E-state index >= 15 is 0 Å². The van der Waals surface area contributed by atoms with Crippen molar-refractivity contribution < 1.29 is 37.3 Å². The van der Waals surface area contributed by atoms with Gasteiger partial charge in [0.2, 0.25) is 5.91 Å². The molecule has 0 saturated heterocycles. The molecule has 0 bridgehead atoms. The van der Waals surface area contributed by atoms with E-state index in [9.17, 15) is 19.0 Å². The monoisotopic (exact) mass is 1210 g/mol. The van der Waals surface area contributed by atoms with Gasteiger partial charge < -0.3 is 28.5 Å². The molecular formula is C75H135N2O7P. The van der Waals surface area contributed by atoms with Gasteiger partial charge in [0.15, 0.2) is 0 Å². The highest BCUT2D eigenvalue weighted by Crippen LogP contribution is 2.38. The van der Waals surface area contributed by atoms with Crippen LogP contribution < -0.4 is 10.2 Å². The number of phosphoric ester groups is 1. The number of esters is 1. The number of hydrogen-bond donors (Lipinski definition) is 1. The lowest BCUT2D eigenvalue weighted by Crippen LogP contribution is -2.47. The van der Waals surface area contributed by atoms with Gasteiger partial charge in [-0.25, -0.2) is 0 Å². The predicted molar refractivity (Wildman–Crippen MR) is 367 cm³/mol. The second-order valence-electron chi connectivity index (χ2n) is 25.0. The Labute approximate surface area is 526 Å². The van der Waals surface area contributed by atoms with Crippen LogP contribution >= 0.6 is 7.82 Å². The molecule has 3 unspecified atom stereocenters. The third kappa shape index (κ3) is 65.2. The zero-order chi connectivity index (χ0) is 62.1. The van der Waals surface area contributed by atoms with Gasteiger partial charge in [0.05, 0.1) is 33.8 Å². The number of nitrogens with one attached hydrogen (secondary N) is 1. The van der Waals surface area contributed by atoms with Crippen molar-refractivity contribution in [1.82, 2.24) is 5.32 Å². The molecule has 0 aliphatic rings. The van der Waals surface area contributed by atoms with E-state index in [2.05, 4.69) is 111 Å². The summed E-state index contributed by atoms with van der Waals surface area (Å²) in [7, 11) is 1.17. The summed E-state index contributed by atoms with van der Waals surface area (Å²) in [5, 5.41) is 3.04. The Morgan fingerprint density at radius 3 is 1.14 bits per heavy atom. The Kier molecular flexibility index (Phi) is 61.6. The first-order chi connectivity index (χ1) is 41.4. The Morgan fingerprint density at radius 2 is 0.753 bits per heavy atom. The average molecular weight is 1210 g/mol. The fourth-order valence-corrected chi connectivity index (χ4v) is 10.8. The summed E-state index contributed by atoms with van der Waals surface area (Å²) in [6.45, 7) is 6.74. The highest BCUT2D eigenvalue weighted by Gasteiger charge is 2.27. The van der Waals surface area contributed by atoms with Crippen LogP contribution in [0.25, 0.3) is 0 Å². The minimum atomic E-state index is -4.71. The molecule has 9 nitrogen and oxygen atoms in total. The molecule has 0 aliphatic heterocycles. The quantitative estimate of drug-likeness (QED) is 0.0212. The maximum atomic E-state index is 13.6. The lowest BCUT2D eigenvalue weighted by atomic mass is 10.0. The van der Waals surface area contributed by atoms with Gasteiger partial charge in [0.1, 0.15) is 19.3 Å². The summed E-state index contributed by atoms with van der Waals surface area (Å²) >= 11 is 0. The van der Waals surface area contributed by atoms with E-state index in [1.165, 1.54) is 173 Å². The number of rotatable bonds is 64. The fraction of sp³-hybridized carbons (Fsp3) is 0.760. The van der Waals surface area contributed by atoms with Gasteiger partial charge in [0.25, 0.3) is 7.82 Å². The maximum absolute atomic E-state index is 13.6. The number of quaternary nitrogens is 1.